The van der Waals surface area contributed by atoms with Crippen molar-refractivity contribution in [3.63, 3.8) is 0 Å². The van der Waals surface area contributed by atoms with Gasteiger partial charge in [-0.1, -0.05) is 0 Å². The molecule has 0 saturated carbocycles. The van der Waals surface area contributed by atoms with E-state index < -0.39 is 4.92 Å². The Kier molecular flexibility index (Phi) is 5.74. The normalized spacial score (nSPS) is 19.8. The van der Waals surface area contributed by atoms with Crippen LogP contribution in [0.25, 0.3) is 0 Å². The molecule has 0 spiro atoms. The van der Waals surface area contributed by atoms with E-state index >= 15 is 0 Å². The van der Waals surface area contributed by atoms with E-state index in [1.54, 1.807) is 4.90 Å². The van der Waals surface area contributed by atoms with Crippen molar-refractivity contribution in [3.8, 4) is 0 Å². The summed E-state index contributed by atoms with van der Waals surface area (Å²) in [5, 5.41) is 10.8. The number of carbonyl (C=O) groups is 1. The lowest BCUT2D eigenvalue weighted by molar-refractivity contribution is -0.391. The van der Waals surface area contributed by atoms with Gasteiger partial charge in [0.05, 0.1) is 7.05 Å². The minimum atomic E-state index is -0.490. The zero-order valence-electron chi connectivity index (χ0n) is 12.2. The summed E-state index contributed by atoms with van der Waals surface area (Å²) in [5.41, 5.74) is 6.29. The second-order valence-electron chi connectivity index (χ2n) is 5.31. The maximum atomic E-state index is 12.6. The Morgan fingerprint density at radius 2 is 2.14 bits per heavy atom. The number of nitro groups is 1. The molecule has 7 nitrogen and oxygen atoms in total. The number of carbonyl (C=O) groups excluding carboxylic acids is 1. The Bertz CT molecular complexity index is 529. The third-order valence-electron chi connectivity index (χ3n) is 3.92. The lowest BCUT2D eigenvalue weighted by Crippen LogP contribution is -2.52. The van der Waals surface area contributed by atoms with Gasteiger partial charge in [0, 0.05) is 24.7 Å². The van der Waals surface area contributed by atoms with Crippen LogP contribution in [0.1, 0.15) is 36.7 Å². The Labute approximate surface area is 129 Å². The molecule has 1 aliphatic rings. The predicted octanol–water partition coefficient (Wildman–Crippen LogP) is 1.70. The molecule has 1 fully saturated rings. The number of hydrogen-bond acceptors (Lipinski definition) is 4. The highest BCUT2D eigenvalue weighted by Gasteiger charge is 2.33. The number of hydrogen-bond donors (Lipinski definition) is 1. The van der Waals surface area contributed by atoms with E-state index in [0.29, 0.717) is 12.2 Å². The second kappa shape index (κ2) is 6.91. The fraction of sp³-hybridized carbons (Fsp3) is 0.615. The minimum Gasteiger partial charge on any atom is -0.358 e. The van der Waals surface area contributed by atoms with Crippen molar-refractivity contribution in [1.29, 1.82) is 0 Å². The first-order valence-corrected chi connectivity index (χ1v) is 6.80. The SMILES string of the molecule is CC(N)C1CCCCN1C(=O)c1ccc([N+](=O)[O-])n1C.Cl. The van der Waals surface area contributed by atoms with Crippen LogP contribution in [0.2, 0.25) is 0 Å². The zero-order valence-corrected chi connectivity index (χ0v) is 13.0. The topological polar surface area (TPSA) is 94.4 Å². The predicted molar refractivity (Wildman–Crippen MR) is 81.6 cm³/mol. The molecule has 1 aliphatic heterocycles. The summed E-state index contributed by atoms with van der Waals surface area (Å²) in [7, 11) is 1.54. The van der Waals surface area contributed by atoms with Crippen LogP contribution >= 0.6 is 12.4 Å². The van der Waals surface area contributed by atoms with E-state index in [4.69, 9.17) is 5.73 Å². The smallest absolute Gasteiger partial charge is 0.323 e. The molecule has 0 radical (unpaired) electrons. The Hall–Kier alpha value is -1.60. The van der Waals surface area contributed by atoms with E-state index in [-0.39, 0.29) is 36.2 Å². The molecule has 0 bridgehead atoms. The van der Waals surface area contributed by atoms with Crippen LogP contribution in [0.15, 0.2) is 12.1 Å². The van der Waals surface area contributed by atoms with Gasteiger partial charge >= 0.3 is 5.82 Å². The summed E-state index contributed by atoms with van der Waals surface area (Å²) >= 11 is 0. The van der Waals surface area contributed by atoms with Gasteiger partial charge in [-0.15, -0.1) is 12.4 Å². The van der Waals surface area contributed by atoms with Crippen molar-refractivity contribution in [2.75, 3.05) is 6.54 Å². The van der Waals surface area contributed by atoms with E-state index in [1.807, 2.05) is 6.92 Å². The number of halogens is 1. The highest BCUT2D eigenvalue weighted by molar-refractivity contribution is 5.93. The number of aromatic nitrogens is 1. The van der Waals surface area contributed by atoms with Crippen LogP contribution in [-0.4, -0.2) is 38.9 Å². The molecule has 1 amide bonds. The number of amides is 1. The van der Waals surface area contributed by atoms with Crippen LogP contribution in [0.4, 0.5) is 5.82 Å². The number of rotatable bonds is 3. The third kappa shape index (κ3) is 3.36. The minimum absolute atomic E-state index is 0. The molecular weight excluding hydrogens is 296 g/mol. The maximum absolute atomic E-state index is 12.6. The average Bonchev–Trinajstić information content (AvgIpc) is 2.79. The molecule has 1 aromatic rings. The van der Waals surface area contributed by atoms with Gasteiger partial charge in [0.1, 0.15) is 0 Å². The fourth-order valence-electron chi connectivity index (χ4n) is 2.80. The summed E-state index contributed by atoms with van der Waals surface area (Å²) in [6, 6.07) is 2.77. The first-order valence-electron chi connectivity index (χ1n) is 6.80. The number of likely N-dealkylation sites (tertiary alicyclic amines) is 1. The van der Waals surface area contributed by atoms with Gasteiger partial charge in [-0.2, -0.15) is 0 Å². The summed E-state index contributed by atoms with van der Waals surface area (Å²) < 4.78 is 1.33. The molecule has 1 aromatic heterocycles. The third-order valence-corrected chi connectivity index (χ3v) is 3.92. The molecule has 2 rings (SSSR count). The largest absolute Gasteiger partial charge is 0.358 e. The van der Waals surface area contributed by atoms with E-state index in [0.717, 1.165) is 19.3 Å². The summed E-state index contributed by atoms with van der Waals surface area (Å²) in [6.45, 7) is 2.55. The zero-order chi connectivity index (χ0) is 14.9. The Morgan fingerprint density at radius 1 is 1.48 bits per heavy atom. The van der Waals surface area contributed by atoms with Crippen molar-refractivity contribution < 1.29 is 9.72 Å². The number of nitrogens with zero attached hydrogens (tertiary/aromatic N) is 3. The molecule has 21 heavy (non-hydrogen) atoms. The van der Waals surface area contributed by atoms with Crippen molar-refractivity contribution in [2.24, 2.45) is 12.8 Å². The fourth-order valence-corrected chi connectivity index (χ4v) is 2.80. The molecule has 8 heteroatoms. The van der Waals surface area contributed by atoms with Gasteiger partial charge in [0.15, 0.2) is 5.69 Å². The summed E-state index contributed by atoms with van der Waals surface area (Å²) in [5.74, 6) is -0.259. The molecule has 118 valence electrons. The molecule has 0 aliphatic carbocycles. The van der Waals surface area contributed by atoms with Gasteiger partial charge in [-0.25, -0.2) is 4.57 Å². The van der Waals surface area contributed by atoms with Crippen molar-refractivity contribution >= 4 is 24.1 Å². The highest BCUT2D eigenvalue weighted by Crippen LogP contribution is 2.23. The first kappa shape index (κ1) is 17.5. The molecule has 2 unspecified atom stereocenters. The van der Waals surface area contributed by atoms with Crippen LogP contribution in [0.3, 0.4) is 0 Å². The summed E-state index contributed by atoms with van der Waals surface area (Å²) in [4.78, 5) is 24.7. The highest BCUT2D eigenvalue weighted by atomic mass is 35.5. The van der Waals surface area contributed by atoms with Crippen LogP contribution in [0, 0.1) is 10.1 Å². The molecule has 2 atom stereocenters. The molecule has 1 saturated heterocycles. The Balaban J connectivity index is 0.00000220. The number of piperidine rings is 1. The van der Waals surface area contributed by atoms with Gasteiger partial charge in [-0.3, -0.25) is 4.79 Å². The van der Waals surface area contributed by atoms with Crippen LogP contribution in [-0.2, 0) is 7.05 Å². The van der Waals surface area contributed by atoms with Crippen LogP contribution < -0.4 is 5.73 Å². The van der Waals surface area contributed by atoms with Crippen LogP contribution in [0.5, 0.6) is 0 Å². The monoisotopic (exact) mass is 316 g/mol. The molecule has 0 aromatic carbocycles. The summed E-state index contributed by atoms with van der Waals surface area (Å²) in [6.07, 6.45) is 2.89. The van der Waals surface area contributed by atoms with Gasteiger partial charge in [0.25, 0.3) is 5.91 Å². The molecular formula is C13H21ClN4O3. The molecule has 2 heterocycles. The van der Waals surface area contributed by atoms with E-state index in [9.17, 15) is 14.9 Å². The van der Waals surface area contributed by atoms with Crippen molar-refractivity contribution in [3.05, 3.63) is 27.9 Å². The standard InChI is InChI=1S/C13H20N4O3.ClH/c1-9(14)10-5-3-4-8-16(10)13(18)11-6-7-12(15(11)2)17(19)20;/h6-7,9-10H,3-5,8,14H2,1-2H3;1H. The second-order valence-corrected chi connectivity index (χ2v) is 5.31. The quantitative estimate of drug-likeness (QED) is 0.678. The Morgan fingerprint density at radius 3 is 2.67 bits per heavy atom. The average molecular weight is 317 g/mol. The molecule has 2 N–H and O–H groups in total. The lowest BCUT2D eigenvalue weighted by atomic mass is 9.96. The van der Waals surface area contributed by atoms with Gasteiger partial charge in [0.2, 0.25) is 0 Å². The van der Waals surface area contributed by atoms with Crippen molar-refractivity contribution in [2.45, 2.75) is 38.3 Å². The van der Waals surface area contributed by atoms with E-state index in [1.165, 1.54) is 23.7 Å². The lowest BCUT2D eigenvalue weighted by Gasteiger charge is -2.37. The first-order chi connectivity index (χ1) is 9.43. The van der Waals surface area contributed by atoms with Gasteiger partial charge < -0.3 is 20.7 Å². The van der Waals surface area contributed by atoms with Crippen molar-refractivity contribution in [1.82, 2.24) is 9.47 Å². The van der Waals surface area contributed by atoms with Gasteiger partial charge in [-0.05, 0) is 37.2 Å². The number of nitrogens with two attached hydrogens (primary N) is 1. The van der Waals surface area contributed by atoms with E-state index in [2.05, 4.69) is 0 Å². The maximum Gasteiger partial charge on any atom is 0.323 e.